The summed E-state index contributed by atoms with van der Waals surface area (Å²) < 4.78 is 10.6. The SMILES string of the molecule is CCN(C(=O)c1c(-c2ccc(OC)cc2)noc1C(C)O)C1CCCCC1. The summed E-state index contributed by atoms with van der Waals surface area (Å²) in [6.45, 7) is 4.21. The molecule has 0 saturated heterocycles. The van der Waals surface area contributed by atoms with Gasteiger partial charge in [0, 0.05) is 18.2 Å². The first-order valence-corrected chi connectivity index (χ1v) is 9.69. The number of carbonyl (C=O) groups excluding carboxylic acids is 1. The second-order valence-corrected chi connectivity index (χ2v) is 7.06. The normalized spacial score (nSPS) is 16.1. The fourth-order valence-corrected chi connectivity index (χ4v) is 3.84. The van der Waals surface area contributed by atoms with Crippen molar-refractivity contribution in [1.29, 1.82) is 0 Å². The van der Waals surface area contributed by atoms with Crippen LogP contribution in [0.25, 0.3) is 11.3 Å². The molecule has 1 N–H and O–H groups in total. The van der Waals surface area contributed by atoms with E-state index in [1.54, 1.807) is 14.0 Å². The van der Waals surface area contributed by atoms with Gasteiger partial charge in [0.25, 0.3) is 5.91 Å². The molecule has 27 heavy (non-hydrogen) atoms. The maximum Gasteiger partial charge on any atom is 0.260 e. The summed E-state index contributed by atoms with van der Waals surface area (Å²) in [5, 5.41) is 14.3. The number of ether oxygens (including phenoxy) is 1. The Morgan fingerprint density at radius 3 is 2.52 bits per heavy atom. The van der Waals surface area contributed by atoms with Crippen LogP contribution < -0.4 is 4.74 Å². The zero-order valence-corrected chi connectivity index (χ0v) is 16.3. The van der Waals surface area contributed by atoms with Gasteiger partial charge >= 0.3 is 0 Å². The lowest BCUT2D eigenvalue weighted by atomic mass is 9.93. The fourth-order valence-electron chi connectivity index (χ4n) is 3.84. The van der Waals surface area contributed by atoms with Crippen molar-refractivity contribution in [3.05, 3.63) is 35.6 Å². The summed E-state index contributed by atoms with van der Waals surface area (Å²) in [5.74, 6) is 0.829. The second kappa shape index (κ2) is 8.57. The number of nitrogens with zero attached hydrogens (tertiary/aromatic N) is 2. The van der Waals surface area contributed by atoms with Crippen LogP contribution >= 0.6 is 0 Å². The maximum absolute atomic E-state index is 13.5. The summed E-state index contributed by atoms with van der Waals surface area (Å²) in [5.41, 5.74) is 1.59. The van der Waals surface area contributed by atoms with Crippen molar-refractivity contribution < 1.29 is 19.2 Å². The minimum Gasteiger partial charge on any atom is -0.497 e. The van der Waals surface area contributed by atoms with Crippen LogP contribution in [0.5, 0.6) is 5.75 Å². The van der Waals surface area contributed by atoms with Gasteiger partial charge in [-0.25, -0.2) is 0 Å². The van der Waals surface area contributed by atoms with Crippen molar-refractivity contribution >= 4 is 5.91 Å². The molecule has 1 atom stereocenters. The topological polar surface area (TPSA) is 75.8 Å². The van der Waals surface area contributed by atoms with Gasteiger partial charge in [-0.05, 0) is 51.0 Å². The van der Waals surface area contributed by atoms with Crippen LogP contribution in [-0.2, 0) is 0 Å². The number of hydrogen-bond acceptors (Lipinski definition) is 5. The lowest BCUT2D eigenvalue weighted by Gasteiger charge is -2.33. The molecule has 0 spiro atoms. The van der Waals surface area contributed by atoms with Crippen LogP contribution in [0.1, 0.15) is 68.2 Å². The summed E-state index contributed by atoms with van der Waals surface area (Å²) in [6, 6.07) is 7.56. The van der Waals surface area contributed by atoms with Crippen molar-refractivity contribution in [2.45, 2.75) is 58.1 Å². The highest BCUT2D eigenvalue weighted by atomic mass is 16.5. The van der Waals surface area contributed by atoms with E-state index in [4.69, 9.17) is 9.26 Å². The van der Waals surface area contributed by atoms with Crippen molar-refractivity contribution in [1.82, 2.24) is 10.1 Å². The minimum atomic E-state index is -0.909. The largest absolute Gasteiger partial charge is 0.497 e. The number of aromatic nitrogens is 1. The number of hydrogen-bond donors (Lipinski definition) is 1. The van der Waals surface area contributed by atoms with Gasteiger partial charge in [-0.15, -0.1) is 0 Å². The number of aliphatic hydroxyl groups is 1. The second-order valence-electron chi connectivity index (χ2n) is 7.06. The van der Waals surface area contributed by atoms with Crippen LogP contribution in [0.2, 0.25) is 0 Å². The van der Waals surface area contributed by atoms with E-state index in [0.717, 1.165) is 37.0 Å². The number of amides is 1. The van der Waals surface area contributed by atoms with Gasteiger partial charge in [-0.3, -0.25) is 4.79 Å². The Kier molecular flexibility index (Phi) is 6.16. The molecule has 6 nitrogen and oxygen atoms in total. The minimum absolute atomic E-state index is 0.118. The fraction of sp³-hybridized carbons (Fsp3) is 0.524. The van der Waals surface area contributed by atoms with E-state index in [0.29, 0.717) is 17.8 Å². The monoisotopic (exact) mass is 372 g/mol. The molecule has 1 aliphatic carbocycles. The standard InChI is InChI=1S/C21H28N2O4/c1-4-23(16-8-6-5-7-9-16)21(25)18-19(22-27-20(18)14(2)24)15-10-12-17(26-3)13-11-15/h10-14,16,24H,4-9H2,1-3H3. The summed E-state index contributed by atoms with van der Waals surface area (Å²) in [6.07, 6.45) is 4.65. The zero-order valence-electron chi connectivity index (χ0n) is 16.3. The first-order valence-electron chi connectivity index (χ1n) is 9.69. The van der Waals surface area contributed by atoms with E-state index in [1.165, 1.54) is 6.42 Å². The van der Waals surface area contributed by atoms with E-state index in [2.05, 4.69) is 5.16 Å². The number of methoxy groups -OCH3 is 1. The lowest BCUT2D eigenvalue weighted by Crippen LogP contribution is -2.41. The van der Waals surface area contributed by atoms with Crippen LogP contribution in [0.15, 0.2) is 28.8 Å². The van der Waals surface area contributed by atoms with Crippen LogP contribution in [0.3, 0.4) is 0 Å². The third-order valence-corrected chi connectivity index (χ3v) is 5.29. The van der Waals surface area contributed by atoms with Gasteiger partial charge in [0.05, 0.1) is 7.11 Å². The molecule has 6 heteroatoms. The predicted octanol–water partition coefficient (Wildman–Crippen LogP) is 4.20. The smallest absolute Gasteiger partial charge is 0.260 e. The van der Waals surface area contributed by atoms with Gasteiger partial charge in [0.2, 0.25) is 0 Å². The molecule has 1 fully saturated rings. The van der Waals surface area contributed by atoms with Crippen LogP contribution in [-0.4, -0.2) is 40.8 Å². The van der Waals surface area contributed by atoms with Crippen LogP contribution in [0, 0.1) is 0 Å². The molecule has 0 bridgehead atoms. The van der Waals surface area contributed by atoms with E-state index in [-0.39, 0.29) is 17.7 Å². The van der Waals surface area contributed by atoms with Gasteiger partial charge in [0.1, 0.15) is 23.1 Å². The summed E-state index contributed by atoms with van der Waals surface area (Å²) in [7, 11) is 1.61. The van der Waals surface area contributed by atoms with Crippen molar-refractivity contribution in [3.8, 4) is 17.0 Å². The van der Waals surface area contributed by atoms with E-state index >= 15 is 0 Å². The average Bonchev–Trinajstić information content (AvgIpc) is 3.15. The maximum atomic E-state index is 13.5. The Morgan fingerprint density at radius 2 is 1.96 bits per heavy atom. The quantitative estimate of drug-likeness (QED) is 0.822. The Bertz CT molecular complexity index is 761. The molecule has 2 aromatic rings. The molecule has 1 amide bonds. The molecule has 1 aromatic heterocycles. The number of carbonyl (C=O) groups is 1. The van der Waals surface area contributed by atoms with Crippen molar-refractivity contribution in [2.24, 2.45) is 0 Å². The molecule has 0 aliphatic heterocycles. The Balaban J connectivity index is 2.00. The highest BCUT2D eigenvalue weighted by molar-refractivity contribution is 6.01. The number of aliphatic hydroxyl groups excluding tert-OH is 1. The number of benzene rings is 1. The van der Waals surface area contributed by atoms with Gasteiger partial charge in [0.15, 0.2) is 5.76 Å². The third kappa shape index (κ3) is 4.00. The van der Waals surface area contributed by atoms with Crippen LogP contribution in [0.4, 0.5) is 0 Å². The molecule has 146 valence electrons. The van der Waals surface area contributed by atoms with Crippen molar-refractivity contribution in [2.75, 3.05) is 13.7 Å². The first kappa shape index (κ1) is 19.4. The summed E-state index contributed by atoms with van der Waals surface area (Å²) in [4.78, 5) is 15.4. The molecular formula is C21H28N2O4. The molecule has 1 aromatic carbocycles. The van der Waals surface area contributed by atoms with Gasteiger partial charge < -0.3 is 19.3 Å². The zero-order chi connectivity index (χ0) is 19.4. The third-order valence-electron chi connectivity index (χ3n) is 5.29. The highest BCUT2D eigenvalue weighted by Crippen LogP contribution is 2.33. The molecule has 3 rings (SSSR count). The molecule has 1 saturated carbocycles. The molecule has 0 radical (unpaired) electrons. The predicted molar refractivity (Wildman–Crippen MR) is 103 cm³/mol. The first-order chi connectivity index (χ1) is 13.1. The van der Waals surface area contributed by atoms with Gasteiger partial charge in [-0.2, -0.15) is 0 Å². The van der Waals surface area contributed by atoms with Crippen molar-refractivity contribution in [3.63, 3.8) is 0 Å². The molecule has 1 unspecified atom stereocenters. The average molecular weight is 372 g/mol. The van der Waals surface area contributed by atoms with Gasteiger partial charge in [-0.1, -0.05) is 24.4 Å². The summed E-state index contributed by atoms with van der Waals surface area (Å²) >= 11 is 0. The molecule has 1 heterocycles. The van der Waals surface area contributed by atoms with E-state index in [1.807, 2.05) is 36.1 Å². The molecule has 1 aliphatic rings. The molecular weight excluding hydrogens is 344 g/mol. The van der Waals surface area contributed by atoms with E-state index in [9.17, 15) is 9.90 Å². The Hall–Kier alpha value is -2.34. The Labute approximate surface area is 160 Å². The van der Waals surface area contributed by atoms with E-state index < -0.39 is 6.10 Å². The number of rotatable bonds is 6. The highest BCUT2D eigenvalue weighted by Gasteiger charge is 2.32. The lowest BCUT2D eigenvalue weighted by molar-refractivity contribution is 0.0637. The Morgan fingerprint density at radius 1 is 1.30 bits per heavy atom.